The fourth-order valence-electron chi connectivity index (χ4n) is 0.891. The van der Waals surface area contributed by atoms with Gasteiger partial charge in [-0.1, -0.05) is 0 Å². The Morgan fingerprint density at radius 1 is 1.27 bits per heavy atom. The standard InChI is InChI=1S/C10H20N2O3/c1-10(2,3)15-9(14)6-11-8(13)7-12(4)5/h6-7H2,1-5H3,(H,11,13). The van der Waals surface area contributed by atoms with Crippen LogP contribution in [0.3, 0.4) is 0 Å². The van der Waals surface area contributed by atoms with Crippen LogP contribution in [0.25, 0.3) is 0 Å². The van der Waals surface area contributed by atoms with Gasteiger partial charge in [-0.15, -0.1) is 0 Å². The minimum atomic E-state index is -0.511. The summed E-state index contributed by atoms with van der Waals surface area (Å²) in [5, 5.41) is 2.48. The van der Waals surface area contributed by atoms with E-state index in [1.54, 1.807) is 39.8 Å². The Balaban J connectivity index is 3.77. The van der Waals surface area contributed by atoms with Crippen molar-refractivity contribution in [2.24, 2.45) is 0 Å². The molecule has 5 heteroatoms. The van der Waals surface area contributed by atoms with Crippen molar-refractivity contribution in [3.8, 4) is 0 Å². The van der Waals surface area contributed by atoms with Crippen LogP contribution in [0.15, 0.2) is 0 Å². The Morgan fingerprint density at radius 3 is 2.20 bits per heavy atom. The monoisotopic (exact) mass is 216 g/mol. The number of amides is 1. The summed E-state index contributed by atoms with van der Waals surface area (Å²) in [5.41, 5.74) is -0.511. The summed E-state index contributed by atoms with van der Waals surface area (Å²) in [6.07, 6.45) is 0. The minimum absolute atomic E-state index is 0.0794. The number of carbonyl (C=O) groups is 2. The summed E-state index contributed by atoms with van der Waals surface area (Å²) >= 11 is 0. The van der Waals surface area contributed by atoms with Crippen LogP contribution in [0.2, 0.25) is 0 Å². The third-order valence-corrected chi connectivity index (χ3v) is 1.31. The average Bonchev–Trinajstić information content (AvgIpc) is 1.96. The van der Waals surface area contributed by atoms with Crippen LogP contribution in [0.1, 0.15) is 20.8 Å². The van der Waals surface area contributed by atoms with E-state index in [1.807, 2.05) is 0 Å². The van der Waals surface area contributed by atoms with E-state index in [1.165, 1.54) is 0 Å². The highest BCUT2D eigenvalue weighted by Gasteiger charge is 2.16. The Kier molecular flexibility index (Phi) is 5.28. The molecule has 5 nitrogen and oxygen atoms in total. The van der Waals surface area contributed by atoms with Crippen molar-refractivity contribution in [1.29, 1.82) is 0 Å². The maximum absolute atomic E-state index is 11.2. The van der Waals surface area contributed by atoms with Gasteiger partial charge in [0.1, 0.15) is 12.1 Å². The molecule has 0 atom stereocenters. The molecular weight excluding hydrogens is 196 g/mol. The SMILES string of the molecule is CN(C)CC(=O)NCC(=O)OC(C)(C)C. The van der Waals surface area contributed by atoms with Crippen LogP contribution >= 0.6 is 0 Å². The van der Waals surface area contributed by atoms with E-state index in [4.69, 9.17) is 4.74 Å². The molecule has 0 aliphatic carbocycles. The van der Waals surface area contributed by atoms with Crippen LogP contribution < -0.4 is 5.32 Å². The van der Waals surface area contributed by atoms with Gasteiger partial charge in [0.05, 0.1) is 6.54 Å². The van der Waals surface area contributed by atoms with E-state index in [-0.39, 0.29) is 19.0 Å². The second kappa shape index (κ2) is 5.70. The maximum atomic E-state index is 11.2. The Hall–Kier alpha value is -1.10. The van der Waals surface area contributed by atoms with Gasteiger partial charge in [-0.2, -0.15) is 0 Å². The summed E-state index contributed by atoms with van der Waals surface area (Å²) in [6.45, 7) is 5.54. The highest BCUT2D eigenvalue weighted by Crippen LogP contribution is 2.05. The first-order chi connectivity index (χ1) is 6.70. The van der Waals surface area contributed by atoms with Crippen LogP contribution in [0.5, 0.6) is 0 Å². The van der Waals surface area contributed by atoms with Crippen LogP contribution in [0, 0.1) is 0 Å². The quantitative estimate of drug-likeness (QED) is 0.672. The number of hydrogen-bond acceptors (Lipinski definition) is 4. The normalized spacial score (nSPS) is 11.3. The molecule has 0 rings (SSSR count). The van der Waals surface area contributed by atoms with Crippen molar-refractivity contribution in [2.75, 3.05) is 27.2 Å². The molecule has 1 amide bonds. The number of likely N-dealkylation sites (N-methyl/N-ethyl adjacent to an activating group) is 1. The van der Waals surface area contributed by atoms with Crippen molar-refractivity contribution in [3.63, 3.8) is 0 Å². The Morgan fingerprint density at radius 2 is 1.80 bits per heavy atom. The van der Waals surface area contributed by atoms with Gasteiger partial charge < -0.3 is 15.0 Å². The summed E-state index contributed by atoms with van der Waals surface area (Å²) in [6, 6.07) is 0. The van der Waals surface area contributed by atoms with Gasteiger partial charge in [0.15, 0.2) is 0 Å². The maximum Gasteiger partial charge on any atom is 0.325 e. The molecule has 0 heterocycles. The lowest BCUT2D eigenvalue weighted by atomic mass is 10.2. The number of rotatable bonds is 4. The molecule has 0 fully saturated rings. The van der Waals surface area contributed by atoms with Crippen LogP contribution in [-0.2, 0) is 14.3 Å². The predicted octanol–water partition coefficient (Wildman–Crippen LogP) is 0.00590. The Bertz CT molecular complexity index is 231. The summed E-state index contributed by atoms with van der Waals surface area (Å²) < 4.78 is 5.03. The van der Waals surface area contributed by atoms with Crippen LogP contribution in [0.4, 0.5) is 0 Å². The zero-order valence-corrected chi connectivity index (χ0v) is 10.1. The van der Waals surface area contributed by atoms with E-state index in [0.29, 0.717) is 0 Å². The molecule has 0 aliphatic rings. The van der Waals surface area contributed by atoms with Crippen molar-refractivity contribution in [2.45, 2.75) is 26.4 Å². The number of carbonyl (C=O) groups excluding carboxylic acids is 2. The fraction of sp³-hybridized carbons (Fsp3) is 0.800. The molecule has 0 spiro atoms. The smallest absolute Gasteiger partial charge is 0.325 e. The van der Waals surface area contributed by atoms with Gasteiger partial charge in [0, 0.05) is 0 Å². The Labute approximate surface area is 90.8 Å². The molecule has 15 heavy (non-hydrogen) atoms. The van der Waals surface area contributed by atoms with E-state index in [9.17, 15) is 9.59 Å². The predicted molar refractivity (Wildman–Crippen MR) is 57.4 cm³/mol. The van der Waals surface area contributed by atoms with Gasteiger partial charge in [-0.05, 0) is 34.9 Å². The van der Waals surface area contributed by atoms with Gasteiger partial charge in [-0.3, -0.25) is 9.59 Å². The zero-order valence-electron chi connectivity index (χ0n) is 10.1. The van der Waals surface area contributed by atoms with Crippen molar-refractivity contribution in [1.82, 2.24) is 10.2 Å². The number of nitrogens with zero attached hydrogens (tertiary/aromatic N) is 1. The second-order valence-corrected chi connectivity index (χ2v) is 4.60. The molecule has 0 bridgehead atoms. The first kappa shape index (κ1) is 13.9. The van der Waals surface area contributed by atoms with E-state index in [2.05, 4.69) is 5.32 Å². The zero-order chi connectivity index (χ0) is 12.1. The first-order valence-electron chi connectivity index (χ1n) is 4.84. The van der Waals surface area contributed by atoms with Crippen LogP contribution in [-0.4, -0.2) is 49.6 Å². The molecular formula is C10H20N2O3. The van der Waals surface area contributed by atoms with Gasteiger partial charge in [-0.25, -0.2) is 0 Å². The lowest BCUT2D eigenvalue weighted by Crippen LogP contribution is -2.38. The molecule has 0 unspecified atom stereocenters. The van der Waals surface area contributed by atoms with Gasteiger partial charge in [0.2, 0.25) is 5.91 Å². The van der Waals surface area contributed by atoms with Gasteiger partial charge >= 0.3 is 5.97 Å². The minimum Gasteiger partial charge on any atom is -0.459 e. The van der Waals surface area contributed by atoms with Gasteiger partial charge in [0.25, 0.3) is 0 Å². The topological polar surface area (TPSA) is 58.6 Å². The number of ether oxygens (including phenoxy) is 1. The summed E-state index contributed by atoms with van der Waals surface area (Å²) in [4.78, 5) is 24.1. The number of nitrogens with one attached hydrogen (secondary N) is 1. The van der Waals surface area contributed by atoms with E-state index >= 15 is 0 Å². The third-order valence-electron chi connectivity index (χ3n) is 1.31. The second-order valence-electron chi connectivity index (χ2n) is 4.60. The molecule has 0 aromatic carbocycles. The molecule has 0 saturated carbocycles. The van der Waals surface area contributed by atoms with E-state index < -0.39 is 11.6 Å². The summed E-state index contributed by atoms with van der Waals surface area (Å²) in [5.74, 6) is -0.611. The molecule has 0 aliphatic heterocycles. The van der Waals surface area contributed by atoms with Crippen molar-refractivity contribution >= 4 is 11.9 Å². The number of hydrogen-bond donors (Lipinski definition) is 1. The lowest BCUT2D eigenvalue weighted by molar-refractivity contribution is -0.154. The highest BCUT2D eigenvalue weighted by atomic mass is 16.6. The summed E-state index contributed by atoms with van der Waals surface area (Å²) in [7, 11) is 3.57. The lowest BCUT2D eigenvalue weighted by Gasteiger charge is -2.19. The molecule has 1 N–H and O–H groups in total. The van der Waals surface area contributed by atoms with Crippen molar-refractivity contribution in [3.05, 3.63) is 0 Å². The van der Waals surface area contributed by atoms with Crippen molar-refractivity contribution < 1.29 is 14.3 Å². The molecule has 0 aromatic heterocycles. The molecule has 0 aromatic rings. The highest BCUT2D eigenvalue weighted by molar-refractivity contribution is 5.83. The molecule has 88 valence electrons. The fourth-order valence-corrected chi connectivity index (χ4v) is 0.891. The molecule has 0 radical (unpaired) electrons. The third kappa shape index (κ3) is 9.21. The average molecular weight is 216 g/mol. The first-order valence-corrected chi connectivity index (χ1v) is 4.84. The molecule has 0 saturated heterocycles. The van der Waals surface area contributed by atoms with E-state index in [0.717, 1.165) is 0 Å². The largest absolute Gasteiger partial charge is 0.459 e. The number of esters is 1.